The van der Waals surface area contributed by atoms with Crippen molar-refractivity contribution in [2.75, 3.05) is 25.1 Å². The minimum atomic E-state index is -0.712. The first kappa shape index (κ1) is 13.1. The first-order valence-electron chi connectivity index (χ1n) is 5.96. The molecule has 5 heteroatoms. The lowest BCUT2D eigenvalue weighted by atomic mass is 10.1. The zero-order chi connectivity index (χ0) is 13.1. The van der Waals surface area contributed by atoms with E-state index in [-0.39, 0.29) is 11.3 Å². The van der Waals surface area contributed by atoms with Crippen LogP contribution < -0.4 is 9.64 Å². The highest BCUT2D eigenvalue weighted by Gasteiger charge is 2.22. The van der Waals surface area contributed by atoms with Crippen molar-refractivity contribution in [3.63, 3.8) is 0 Å². The summed E-state index contributed by atoms with van der Waals surface area (Å²) in [5.41, 5.74) is 0.547. The van der Waals surface area contributed by atoms with Crippen LogP contribution >= 0.6 is 11.6 Å². The number of anilines is 1. The molecule has 18 heavy (non-hydrogen) atoms. The van der Waals surface area contributed by atoms with Crippen molar-refractivity contribution in [2.45, 2.75) is 19.3 Å². The molecule has 2 rings (SSSR count). The third-order valence-electron chi connectivity index (χ3n) is 3.19. The molecule has 0 aromatic heterocycles. The van der Waals surface area contributed by atoms with E-state index in [9.17, 15) is 9.18 Å². The Hall–Kier alpha value is -1.29. The van der Waals surface area contributed by atoms with Crippen molar-refractivity contribution in [1.82, 2.24) is 0 Å². The molecule has 0 bridgehead atoms. The van der Waals surface area contributed by atoms with Crippen molar-refractivity contribution >= 4 is 22.5 Å². The third kappa shape index (κ3) is 2.43. The minimum absolute atomic E-state index is 0.0671. The molecule has 0 spiro atoms. The molecule has 1 aromatic carbocycles. The van der Waals surface area contributed by atoms with Crippen LogP contribution in [0.2, 0.25) is 0 Å². The van der Waals surface area contributed by atoms with Gasteiger partial charge >= 0.3 is 0 Å². The Balaban J connectivity index is 2.40. The van der Waals surface area contributed by atoms with Crippen molar-refractivity contribution in [2.24, 2.45) is 0 Å². The number of rotatable bonds is 3. The van der Waals surface area contributed by atoms with E-state index in [2.05, 4.69) is 0 Å². The van der Waals surface area contributed by atoms with Gasteiger partial charge in [-0.1, -0.05) is 0 Å². The summed E-state index contributed by atoms with van der Waals surface area (Å²) < 4.78 is 19.3. The van der Waals surface area contributed by atoms with Crippen LogP contribution in [-0.4, -0.2) is 25.4 Å². The van der Waals surface area contributed by atoms with Gasteiger partial charge < -0.3 is 9.64 Å². The molecular weight excluding hydrogens is 257 g/mol. The van der Waals surface area contributed by atoms with E-state index in [1.54, 1.807) is 6.07 Å². The van der Waals surface area contributed by atoms with Crippen molar-refractivity contribution < 1.29 is 13.9 Å². The van der Waals surface area contributed by atoms with Crippen LogP contribution in [-0.2, 0) is 0 Å². The number of halogens is 2. The lowest BCUT2D eigenvalue weighted by molar-refractivity contribution is 0.107. The number of hydrogen-bond donors (Lipinski definition) is 0. The van der Waals surface area contributed by atoms with E-state index >= 15 is 0 Å². The number of benzene rings is 1. The molecule has 1 fully saturated rings. The Morgan fingerprint density at radius 2 is 2.00 bits per heavy atom. The topological polar surface area (TPSA) is 29.5 Å². The molecule has 0 radical (unpaired) electrons. The smallest absolute Gasteiger partial charge is 0.256 e. The maximum atomic E-state index is 14.3. The second-order valence-electron chi connectivity index (χ2n) is 4.30. The van der Waals surface area contributed by atoms with Crippen LogP contribution in [0.4, 0.5) is 10.1 Å². The third-order valence-corrected chi connectivity index (χ3v) is 3.39. The summed E-state index contributed by atoms with van der Waals surface area (Å²) in [4.78, 5) is 13.1. The fourth-order valence-electron chi connectivity index (χ4n) is 2.28. The van der Waals surface area contributed by atoms with Gasteiger partial charge in [0.2, 0.25) is 0 Å². The molecule has 0 amide bonds. The fourth-order valence-corrected chi connectivity index (χ4v) is 2.43. The van der Waals surface area contributed by atoms with Gasteiger partial charge in [0.25, 0.3) is 5.24 Å². The zero-order valence-corrected chi connectivity index (χ0v) is 11.0. The fraction of sp³-hybridized carbons (Fsp3) is 0.462. The Morgan fingerprint density at radius 1 is 1.33 bits per heavy atom. The van der Waals surface area contributed by atoms with Crippen LogP contribution in [0.5, 0.6) is 5.75 Å². The second kappa shape index (κ2) is 5.57. The maximum absolute atomic E-state index is 14.3. The molecule has 1 heterocycles. The van der Waals surface area contributed by atoms with Crippen LogP contribution in [0.25, 0.3) is 0 Å². The molecule has 0 aliphatic carbocycles. The SMILES string of the molecule is COc1c(C(=O)Cl)ccc(N2CCCCC2)c1F. The quantitative estimate of drug-likeness (QED) is 0.791. The lowest BCUT2D eigenvalue weighted by Crippen LogP contribution is -2.30. The van der Waals surface area contributed by atoms with Crippen molar-refractivity contribution in [3.05, 3.63) is 23.5 Å². The summed E-state index contributed by atoms with van der Waals surface area (Å²) in [6, 6.07) is 3.11. The lowest BCUT2D eigenvalue weighted by Gasteiger charge is -2.29. The summed E-state index contributed by atoms with van der Waals surface area (Å²) in [6.07, 6.45) is 3.28. The Labute approximate surface area is 110 Å². The molecule has 0 atom stereocenters. The van der Waals surface area contributed by atoms with E-state index in [1.165, 1.54) is 19.6 Å². The molecule has 98 valence electrons. The number of carbonyl (C=O) groups excluding carboxylic acids is 1. The Morgan fingerprint density at radius 3 is 2.56 bits per heavy atom. The molecular formula is C13H15ClFNO2. The summed E-state index contributed by atoms with van der Waals surface area (Å²) in [5.74, 6) is -0.580. The van der Waals surface area contributed by atoms with E-state index in [0.29, 0.717) is 5.69 Å². The van der Waals surface area contributed by atoms with Crippen LogP contribution in [0, 0.1) is 5.82 Å². The van der Waals surface area contributed by atoms with E-state index in [0.717, 1.165) is 25.9 Å². The molecule has 1 aliphatic rings. The molecule has 1 aliphatic heterocycles. The van der Waals surface area contributed by atoms with Crippen molar-refractivity contribution in [3.8, 4) is 5.75 Å². The van der Waals surface area contributed by atoms with Crippen LogP contribution in [0.1, 0.15) is 29.6 Å². The largest absolute Gasteiger partial charge is 0.493 e. The molecule has 3 nitrogen and oxygen atoms in total. The highest BCUT2D eigenvalue weighted by molar-refractivity contribution is 6.68. The van der Waals surface area contributed by atoms with Gasteiger partial charge in [0.05, 0.1) is 18.4 Å². The van der Waals surface area contributed by atoms with Gasteiger partial charge in [-0.05, 0) is 43.0 Å². The highest BCUT2D eigenvalue weighted by atomic mass is 35.5. The standard InChI is InChI=1S/C13H15ClFNO2/c1-18-12-9(13(14)17)5-6-10(11(12)15)16-7-3-2-4-8-16/h5-6H,2-4,7-8H2,1H3. The molecule has 1 saturated heterocycles. The predicted octanol–water partition coefficient (Wildman–Crippen LogP) is 3.20. The second-order valence-corrected chi connectivity index (χ2v) is 4.64. The van der Waals surface area contributed by atoms with Gasteiger partial charge in [0.1, 0.15) is 0 Å². The van der Waals surface area contributed by atoms with E-state index in [4.69, 9.17) is 16.3 Å². The molecule has 0 N–H and O–H groups in total. The average molecular weight is 272 g/mol. The number of nitrogens with zero attached hydrogens (tertiary/aromatic N) is 1. The molecule has 0 unspecified atom stereocenters. The molecule has 0 saturated carbocycles. The van der Waals surface area contributed by atoms with E-state index in [1.807, 2.05) is 4.90 Å². The summed E-state index contributed by atoms with van der Waals surface area (Å²) in [5, 5.41) is -0.712. The summed E-state index contributed by atoms with van der Waals surface area (Å²) >= 11 is 5.40. The number of piperidine rings is 1. The normalized spacial score (nSPS) is 15.6. The predicted molar refractivity (Wildman–Crippen MR) is 69.2 cm³/mol. The number of ether oxygens (including phenoxy) is 1. The Bertz CT molecular complexity index is 459. The van der Waals surface area contributed by atoms with Crippen LogP contribution in [0.15, 0.2) is 12.1 Å². The van der Waals surface area contributed by atoms with Gasteiger partial charge in [0.15, 0.2) is 11.6 Å². The number of hydrogen-bond acceptors (Lipinski definition) is 3. The van der Waals surface area contributed by atoms with Gasteiger partial charge in [-0.25, -0.2) is 4.39 Å². The number of carbonyl (C=O) groups is 1. The van der Waals surface area contributed by atoms with E-state index < -0.39 is 11.1 Å². The highest BCUT2D eigenvalue weighted by Crippen LogP contribution is 2.33. The van der Waals surface area contributed by atoms with Crippen molar-refractivity contribution in [1.29, 1.82) is 0 Å². The van der Waals surface area contributed by atoms with Gasteiger partial charge in [0, 0.05) is 13.1 Å². The van der Waals surface area contributed by atoms with Gasteiger partial charge in [-0.15, -0.1) is 0 Å². The Kier molecular flexibility index (Phi) is 4.07. The summed E-state index contributed by atoms with van der Waals surface area (Å²) in [6.45, 7) is 1.66. The number of methoxy groups -OCH3 is 1. The minimum Gasteiger partial charge on any atom is -0.493 e. The summed E-state index contributed by atoms with van der Waals surface area (Å²) in [7, 11) is 1.34. The van der Waals surface area contributed by atoms with Gasteiger partial charge in [-0.2, -0.15) is 0 Å². The van der Waals surface area contributed by atoms with Gasteiger partial charge in [-0.3, -0.25) is 4.79 Å². The first-order valence-corrected chi connectivity index (χ1v) is 6.34. The monoisotopic (exact) mass is 271 g/mol. The zero-order valence-electron chi connectivity index (χ0n) is 10.2. The maximum Gasteiger partial charge on any atom is 0.256 e. The van der Waals surface area contributed by atoms with Crippen LogP contribution in [0.3, 0.4) is 0 Å². The molecule has 1 aromatic rings. The average Bonchev–Trinajstić information content (AvgIpc) is 2.39. The first-order chi connectivity index (χ1) is 8.65.